The Bertz CT molecular complexity index is 626. The third kappa shape index (κ3) is 3.75. The summed E-state index contributed by atoms with van der Waals surface area (Å²) in [6.45, 7) is 0.738. The van der Waals surface area contributed by atoms with E-state index in [4.69, 9.17) is 0 Å². The van der Waals surface area contributed by atoms with Gasteiger partial charge in [-0.05, 0) is 31.6 Å². The van der Waals surface area contributed by atoms with E-state index < -0.39 is 31.2 Å². The fourth-order valence-corrected chi connectivity index (χ4v) is 6.40. The first kappa shape index (κ1) is 16.7. The summed E-state index contributed by atoms with van der Waals surface area (Å²) < 4.78 is 47.9. The number of sulfone groups is 1. The third-order valence-corrected chi connectivity index (χ3v) is 7.56. The smallest absolute Gasteiger partial charge is 0.310 e. The highest BCUT2D eigenvalue weighted by atomic mass is 32.2. The molecule has 2 aliphatic rings. The number of carbonyl (C=O) groups is 1. The van der Waals surface area contributed by atoms with Crippen LogP contribution in [0, 0.1) is 11.3 Å². The lowest BCUT2D eigenvalue weighted by atomic mass is 9.77. The average Bonchev–Trinajstić information content (AvgIpc) is 2.65. The number of aliphatic carboxylic acids is 1. The predicted octanol–water partition coefficient (Wildman–Crippen LogP) is -0.0624. The van der Waals surface area contributed by atoms with E-state index in [0.29, 0.717) is 13.0 Å². The summed E-state index contributed by atoms with van der Waals surface area (Å²) in [5, 5.41) is 9.46. The van der Waals surface area contributed by atoms with Crippen LogP contribution in [0.25, 0.3) is 0 Å². The Hall–Kier alpha value is -0.670. The zero-order valence-corrected chi connectivity index (χ0v) is 13.6. The zero-order chi connectivity index (χ0) is 15.9. The molecule has 0 saturated carbocycles. The van der Waals surface area contributed by atoms with Crippen molar-refractivity contribution >= 4 is 25.8 Å². The summed E-state index contributed by atoms with van der Waals surface area (Å²) in [6, 6.07) is 0. The summed E-state index contributed by atoms with van der Waals surface area (Å²) in [7, 11) is -6.59. The van der Waals surface area contributed by atoms with Gasteiger partial charge in [0.2, 0.25) is 10.0 Å². The first-order valence-electron chi connectivity index (χ1n) is 6.93. The average molecular weight is 339 g/mol. The molecule has 9 heteroatoms. The molecular weight excluding hydrogens is 318 g/mol. The molecule has 21 heavy (non-hydrogen) atoms. The fourth-order valence-electron chi connectivity index (χ4n) is 3.38. The molecule has 2 fully saturated rings. The largest absolute Gasteiger partial charge is 0.481 e. The molecule has 2 atom stereocenters. The molecule has 122 valence electrons. The van der Waals surface area contributed by atoms with Crippen LogP contribution < -0.4 is 0 Å². The van der Waals surface area contributed by atoms with Crippen LogP contribution in [0.3, 0.4) is 0 Å². The van der Waals surface area contributed by atoms with Crippen LogP contribution in [0.1, 0.15) is 25.7 Å². The van der Waals surface area contributed by atoms with E-state index in [1.807, 2.05) is 0 Å². The van der Waals surface area contributed by atoms with Crippen molar-refractivity contribution in [3.05, 3.63) is 0 Å². The fraction of sp³-hybridized carbons (Fsp3) is 0.917. The van der Waals surface area contributed by atoms with E-state index in [9.17, 15) is 26.7 Å². The summed E-state index contributed by atoms with van der Waals surface area (Å²) in [4.78, 5) is 11.6. The van der Waals surface area contributed by atoms with E-state index in [-0.39, 0.29) is 36.8 Å². The van der Waals surface area contributed by atoms with Gasteiger partial charge in [0.05, 0.1) is 23.2 Å². The highest BCUT2D eigenvalue weighted by Crippen LogP contribution is 2.40. The van der Waals surface area contributed by atoms with E-state index in [2.05, 4.69) is 0 Å². The Morgan fingerprint density at radius 3 is 2.57 bits per heavy atom. The van der Waals surface area contributed by atoms with E-state index >= 15 is 0 Å². The van der Waals surface area contributed by atoms with Gasteiger partial charge in [-0.1, -0.05) is 0 Å². The first-order valence-corrected chi connectivity index (χ1v) is 10.6. The Balaban J connectivity index is 2.14. The normalized spacial score (nSPS) is 33.9. The number of rotatable bonds is 4. The maximum atomic E-state index is 11.6. The topological polar surface area (TPSA) is 109 Å². The zero-order valence-electron chi connectivity index (χ0n) is 12.0. The Kier molecular flexibility index (Phi) is 4.38. The lowest BCUT2D eigenvalue weighted by Crippen LogP contribution is -2.43. The van der Waals surface area contributed by atoms with Crippen molar-refractivity contribution in [3.63, 3.8) is 0 Å². The van der Waals surface area contributed by atoms with Crippen LogP contribution in [0.5, 0.6) is 0 Å². The van der Waals surface area contributed by atoms with Crippen LogP contribution in [-0.4, -0.2) is 63.1 Å². The van der Waals surface area contributed by atoms with Gasteiger partial charge in [-0.2, -0.15) is 0 Å². The molecule has 7 nitrogen and oxygen atoms in total. The molecule has 0 bridgehead atoms. The van der Waals surface area contributed by atoms with Crippen LogP contribution in [0.4, 0.5) is 0 Å². The monoisotopic (exact) mass is 339 g/mol. The van der Waals surface area contributed by atoms with Gasteiger partial charge in [-0.25, -0.2) is 21.1 Å². The van der Waals surface area contributed by atoms with Gasteiger partial charge < -0.3 is 5.11 Å². The SMILES string of the molecule is CS(=O)(=O)N1CCCC(CC2(C(=O)O)CCS(=O)(=O)C2)C1. The minimum absolute atomic E-state index is 0.0954. The van der Waals surface area contributed by atoms with Crippen LogP contribution in [0.2, 0.25) is 0 Å². The predicted molar refractivity (Wildman–Crippen MR) is 77.1 cm³/mol. The molecule has 2 saturated heterocycles. The van der Waals surface area contributed by atoms with Gasteiger partial charge in [0.15, 0.2) is 9.84 Å². The molecule has 0 amide bonds. The molecule has 2 heterocycles. The van der Waals surface area contributed by atoms with Crippen molar-refractivity contribution in [1.82, 2.24) is 4.31 Å². The molecule has 0 spiro atoms. The van der Waals surface area contributed by atoms with E-state index in [0.717, 1.165) is 12.7 Å². The standard InChI is InChI=1S/C12H21NO6S2/c1-20(16,17)13-5-2-3-10(8-13)7-12(11(14)15)4-6-21(18,19)9-12/h10H,2-9H2,1H3,(H,14,15). The molecule has 2 rings (SSSR count). The number of hydrogen-bond donors (Lipinski definition) is 1. The lowest BCUT2D eigenvalue weighted by molar-refractivity contribution is -0.148. The van der Waals surface area contributed by atoms with Crippen molar-refractivity contribution in [2.45, 2.75) is 25.7 Å². The van der Waals surface area contributed by atoms with Crippen LogP contribution in [0.15, 0.2) is 0 Å². The number of piperidine rings is 1. The van der Waals surface area contributed by atoms with Gasteiger partial charge in [0, 0.05) is 13.1 Å². The van der Waals surface area contributed by atoms with Crippen molar-refractivity contribution in [2.24, 2.45) is 11.3 Å². The molecule has 0 aromatic rings. The van der Waals surface area contributed by atoms with Gasteiger partial charge in [0.1, 0.15) is 0 Å². The number of hydrogen-bond acceptors (Lipinski definition) is 5. The van der Waals surface area contributed by atoms with Crippen molar-refractivity contribution in [2.75, 3.05) is 30.9 Å². The van der Waals surface area contributed by atoms with Gasteiger partial charge in [-0.15, -0.1) is 0 Å². The molecule has 0 aromatic carbocycles. The van der Waals surface area contributed by atoms with Crippen molar-refractivity contribution in [3.8, 4) is 0 Å². The number of carboxylic acid groups (broad SMARTS) is 1. The highest BCUT2D eigenvalue weighted by molar-refractivity contribution is 7.91. The molecule has 0 radical (unpaired) electrons. The maximum absolute atomic E-state index is 11.6. The summed E-state index contributed by atoms with van der Waals surface area (Å²) >= 11 is 0. The molecule has 2 aliphatic heterocycles. The molecule has 0 aromatic heterocycles. The van der Waals surface area contributed by atoms with Crippen LogP contribution in [-0.2, 0) is 24.7 Å². The summed E-state index contributed by atoms with van der Waals surface area (Å²) in [6.07, 6.45) is 2.91. The third-order valence-electron chi connectivity index (χ3n) is 4.47. The number of carboxylic acids is 1. The Labute approximate surface area is 125 Å². The minimum Gasteiger partial charge on any atom is -0.481 e. The van der Waals surface area contributed by atoms with Gasteiger partial charge in [0.25, 0.3) is 0 Å². The van der Waals surface area contributed by atoms with Crippen molar-refractivity contribution < 1.29 is 26.7 Å². The second-order valence-corrected chi connectivity index (χ2v) is 10.4. The van der Waals surface area contributed by atoms with Crippen LogP contribution >= 0.6 is 0 Å². The Morgan fingerprint density at radius 2 is 2.10 bits per heavy atom. The van der Waals surface area contributed by atoms with Gasteiger partial charge >= 0.3 is 5.97 Å². The second-order valence-electron chi connectivity index (χ2n) is 6.26. The molecule has 0 aliphatic carbocycles. The maximum Gasteiger partial charge on any atom is 0.310 e. The lowest BCUT2D eigenvalue weighted by Gasteiger charge is -2.35. The van der Waals surface area contributed by atoms with E-state index in [1.54, 1.807) is 0 Å². The molecule has 1 N–H and O–H groups in total. The minimum atomic E-state index is -3.30. The highest BCUT2D eigenvalue weighted by Gasteiger charge is 2.49. The first-order chi connectivity index (χ1) is 9.54. The van der Waals surface area contributed by atoms with Crippen molar-refractivity contribution in [1.29, 1.82) is 0 Å². The van der Waals surface area contributed by atoms with E-state index in [1.165, 1.54) is 4.31 Å². The number of nitrogens with zero attached hydrogens (tertiary/aromatic N) is 1. The quantitative estimate of drug-likeness (QED) is 0.768. The number of sulfonamides is 1. The Morgan fingerprint density at radius 1 is 1.43 bits per heavy atom. The summed E-state index contributed by atoms with van der Waals surface area (Å²) in [5.41, 5.74) is -1.25. The van der Waals surface area contributed by atoms with Gasteiger partial charge in [-0.3, -0.25) is 4.79 Å². The molecule has 2 unspecified atom stereocenters. The second kappa shape index (κ2) is 5.51. The molecular formula is C12H21NO6S2. The summed E-state index contributed by atoms with van der Waals surface area (Å²) in [5.74, 6) is -1.61.